The van der Waals surface area contributed by atoms with Gasteiger partial charge in [0, 0.05) is 13.2 Å². The van der Waals surface area contributed by atoms with E-state index in [0.29, 0.717) is 25.2 Å². The Bertz CT molecular complexity index is 822. The fraction of sp³-hybridized carbons (Fsp3) is 0.429. The minimum atomic E-state index is -0.721. The van der Waals surface area contributed by atoms with Gasteiger partial charge in [-0.2, -0.15) is 0 Å². The van der Waals surface area contributed by atoms with Crippen molar-refractivity contribution >= 4 is 17.5 Å². The largest absolute Gasteiger partial charge is 0.463 e. The minimum absolute atomic E-state index is 0.0509. The van der Waals surface area contributed by atoms with Crippen LogP contribution in [0.3, 0.4) is 0 Å². The summed E-state index contributed by atoms with van der Waals surface area (Å²) in [6, 6.07) is 10.2. The molecule has 1 saturated heterocycles. The number of amides is 2. The second-order valence-electron chi connectivity index (χ2n) is 7.21. The molecule has 3 rings (SSSR count). The smallest absolute Gasteiger partial charge is 0.309 e. The molecule has 2 aromatic rings. The van der Waals surface area contributed by atoms with Crippen LogP contribution in [-0.4, -0.2) is 62.8 Å². The SMILES string of the molecule is O=C(NCCCO)C(=O)NC[C@@H](c1ccco1)[NH+]1CCN(c2ccccc2F)CC1. The highest BCUT2D eigenvalue weighted by atomic mass is 19.1. The van der Waals surface area contributed by atoms with Crippen molar-refractivity contribution in [1.82, 2.24) is 10.6 Å². The molecule has 1 aromatic heterocycles. The van der Waals surface area contributed by atoms with E-state index in [1.807, 2.05) is 17.0 Å². The molecule has 9 heteroatoms. The number of halogens is 1. The Kier molecular flexibility index (Phi) is 7.81. The van der Waals surface area contributed by atoms with Gasteiger partial charge in [0.05, 0.1) is 44.7 Å². The summed E-state index contributed by atoms with van der Waals surface area (Å²) in [4.78, 5) is 27.2. The van der Waals surface area contributed by atoms with Gasteiger partial charge in [-0.15, -0.1) is 0 Å². The van der Waals surface area contributed by atoms with Gasteiger partial charge in [0.25, 0.3) is 0 Å². The lowest BCUT2D eigenvalue weighted by molar-refractivity contribution is -0.932. The first kappa shape index (κ1) is 21.8. The Labute approximate surface area is 174 Å². The summed E-state index contributed by atoms with van der Waals surface area (Å²) in [6.07, 6.45) is 1.98. The number of hydrogen-bond donors (Lipinski definition) is 4. The quantitative estimate of drug-likeness (QED) is 0.341. The van der Waals surface area contributed by atoms with Crippen molar-refractivity contribution in [2.45, 2.75) is 12.5 Å². The van der Waals surface area contributed by atoms with Gasteiger partial charge in [0.15, 0.2) is 11.8 Å². The average Bonchev–Trinajstić information content (AvgIpc) is 3.29. The lowest BCUT2D eigenvalue weighted by Gasteiger charge is -2.37. The van der Waals surface area contributed by atoms with E-state index in [0.717, 1.165) is 18.8 Å². The molecule has 0 saturated carbocycles. The third-order valence-electron chi connectivity index (χ3n) is 5.27. The number of nitrogens with one attached hydrogen (secondary N) is 3. The second kappa shape index (κ2) is 10.7. The van der Waals surface area contributed by atoms with Crippen molar-refractivity contribution in [1.29, 1.82) is 0 Å². The molecule has 4 N–H and O–H groups in total. The number of nitrogens with zero attached hydrogens (tertiary/aromatic N) is 1. The number of aliphatic hydroxyl groups excluding tert-OH is 1. The number of benzene rings is 1. The molecule has 0 bridgehead atoms. The first-order valence-electron chi connectivity index (χ1n) is 10.1. The third-order valence-corrected chi connectivity index (χ3v) is 5.27. The van der Waals surface area contributed by atoms with Crippen LogP contribution in [0.1, 0.15) is 18.2 Å². The van der Waals surface area contributed by atoms with E-state index < -0.39 is 11.8 Å². The molecule has 1 aliphatic heterocycles. The van der Waals surface area contributed by atoms with Gasteiger partial charge in [0.1, 0.15) is 5.82 Å². The summed E-state index contributed by atoms with van der Waals surface area (Å²) in [7, 11) is 0. The van der Waals surface area contributed by atoms with Crippen LogP contribution in [0.2, 0.25) is 0 Å². The fourth-order valence-electron chi connectivity index (χ4n) is 3.66. The molecule has 2 amide bonds. The molecule has 1 fully saturated rings. The van der Waals surface area contributed by atoms with Crippen LogP contribution in [0.25, 0.3) is 0 Å². The van der Waals surface area contributed by atoms with Crippen molar-refractivity contribution < 1.29 is 28.4 Å². The highest BCUT2D eigenvalue weighted by Gasteiger charge is 2.32. The lowest BCUT2D eigenvalue weighted by Crippen LogP contribution is -3.15. The van der Waals surface area contributed by atoms with Crippen LogP contribution < -0.4 is 20.4 Å². The zero-order chi connectivity index (χ0) is 21.3. The van der Waals surface area contributed by atoms with Crippen LogP contribution >= 0.6 is 0 Å². The van der Waals surface area contributed by atoms with Gasteiger partial charge < -0.3 is 30.0 Å². The van der Waals surface area contributed by atoms with E-state index in [1.165, 1.54) is 11.0 Å². The van der Waals surface area contributed by atoms with Gasteiger partial charge in [-0.3, -0.25) is 9.59 Å². The maximum Gasteiger partial charge on any atom is 0.309 e. The molecule has 2 heterocycles. The molecule has 0 spiro atoms. The van der Waals surface area contributed by atoms with Crippen molar-refractivity contribution in [3.05, 3.63) is 54.2 Å². The topological polar surface area (TPSA) is 99.2 Å². The van der Waals surface area contributed by atoms with Crippen molar-refractivity contribution in [2.24, 2.45) is 0 Å². The number of aliphatic hydroxyl groups is 1. The minimum Gasteiger partial charge on any atom is -0.463 e. The van der Waals surface area contributed by atoms with Gasteiger partial charge in [-0.25, -0.2) is 4.39 Å². The van der Waals surface area contributed by atoms with Gasteiger partial charge in [-0.05, 0) is 30.7 Å². The van der Waals surface area contributed by atoms with E-state index >= 15 is 0 Å². The molecule has 0 aliphatic carbocycles. The Hall–Kier alpha value is -2.91. The predicted octanol–water partition coefficient (Wildman–Crippen LogP) is -0.520. The molecule has 0 radical (unpaired) electrons. The van der Waals surface area contributed by atoms with E-state index in [4.69, 9.17) is 9.52 Å². The first-order valence-corrected chi connectivity index (χ1v) is 10.1. The number of quaternary nitrogens is 1. The summed E-state index contributed by atoms with van der Waals surface area (Å²) >= 11 is 0. The van der Waals surface area contributed by atoms with Crippen molar-refractivity contribution in [3.8, 4) is 0 Å². The molecule has 162 valence electrons. The molecule has 1 aliphatic rings. The van der Waals surface area contributed by atoms with Crippen LogP contribution in [-0.2, 0) is 9.59 Å². The molecule has 1 aromatic carbocycles. The van der Waals surface area contributed by atoms with Crippen LogP contribution in [0, 0.1) is 5.82 Å². The summed E-state index contributed by atoms with van der Waals surface area (Å²) in [5, 5.41) is 13.9. The van der Waals surface area contributed by atoms with E-state index in [9.17, 15) is 14.0 Å². The van der Waals surface area contributed by atoms with E-state index in [2.05, 4.69) is 10.6 Å². The predicted molar refractivity (Wildman–Crippen MR) is 108 cm³/mol. The number of carbonyl (C=O) groups is 2. The average molecular weight is 419 g/mol. The van der Waals surface area contributed by atoms with E-state index in [1.54, 1.807) is 24.5 Å². The third kappa shape index (κ3) is 5.58. The van der Waals surface area contributed by atoms with Gasteiger partial charge in [-0.1, -0.05) is 12.1 Å². The van der Waals surface area contributed by atoms with Crippen molar-refractivity contribution in [2.75, 3.05) is 50.8 Å². The summed E-state index contributed by atoms with van der Waals surface area (Å²) in [5.74, 6) is -0.941. The molecular weight excluding hydrogens is 391 g/mol. The van der Waals surface area contributed by atoms with Crippen LogP contribution in [0.4, 0.5) is 10.1 Å². The lowest BCUT2D eigenvalue weighted by atomic mass is 10.1. The van der Waals surface area contributed by atoms with Crippen molar-refractivity contribution in [3.63, 3.8) is 0 Å². The number of furan rings is 1. The number of rotatable bonds is 8. The first-order chi connectivity index (χ1) is 14.6. The number of hydrogen-bond acceptors (Lipinski definition) is 5. The Morgan fingerprint density at radius 1 is 1.13 bits per heavy atom. The highest BCUT2D eigenvalue weighted by molar-refractivity contribution is 6.35. The summed E-state index contributed by atoms with van der Waals surface area (Å²) < 4.78 is 19.7. The number of piperazine rings is 1. The van der Waals surface area contributed by atoms with Crippen LogP contribution in [0.15, 0.2) is 47.1 Å². The molecule has 8 nitrogen and oxygen atoms in total. The zero-order valence-electron chi connectivity index (χ0n) is 16.8. The molecule has 0 unspecified atom stereocenters. The Morgan fingerprint density at radius 2 is 1.87 bits per heavy atom. The number of carbonyl (C=O) groups excluding carboxylic acids is 2. The Morgan fingerprint density at radius 3 is 2.53 bits per heavy atom. The Balaban J connectivity index is 1.58. The zero-order valence-corrected chi connectivity index (χ0v) is 16.8. The van der Waals surface area contributed by atoms with Gasteiger partial charge in [0.2, 0.25) is 0 Å². The number of anilines is 1. The standard InChI is InChI=1S/C21H27FN4O4/c22-16-5-1-2-6-17(16)25-9-11-26(12-10-25)18(19-7-3-14-30-19)15-24-21(29)20(28)23-8-4-13-27/h1-3,5-7,14,18,27H,4,8-13,15H2,(H,23,28)(H,24,29)/p+1/t18-/m0/s1. The highest BCUT2D eigenvalue weighted by Crippen LogP contribution is 2.19. The maximum atomic E-state index is 14.1. The van der Waals surface area contributed by atoms with Crippen LogP contribution in [0.5, 0.6) is 0 Å². The second-order valence-corrected chi connectivity index (χ2v) is 7.21. The van der Waals surface area contributed by atoms with Gasteiger partial charge >= 0.3 is 11.8 Å². The molecule has 30 heavy (non-hydrogen) atoms. The normalized spacial score (nSPS) is 15.6. The monoisotopic (exact) mass is 419 g/mol. The summed E-state index contributed by atoms with van der Waals surface area (Å²) in [6.45, 7) is 3.25. The molecule has 1 atom stereocenters. The number of para-hydroxylation sites is 1. The molecular formula is C21H28FN4O4+. The fourth-order valence-corrected chi connectivity index (χ4v) is 3.66. The maximum absolute atomic E-state index is 14.1. The van der Waals surface area contributed by atoms with E-state index in [-0.39, 0.29) is 31.6 Å². The summed E-state index contributed by atoms with van der Waals surface area (Å²) in [5.41, 5.74) is 0.596.